The first-order valence-electron chi connectivity index (χ1n) is 7.65. The number of rotatable bonds is 2. The average Bonchev–Trinajstić information content (AvgIpc) is 3.05. The second kappa shape index (κ2) is 5.21. The Morgan fingerprint density at radius 2 is 1.86 bits per heavy atom. The lowest BCUT2D eigenvalue weighted by atomic mass is 10.0. The van der Waals surface area contributed by atoms with E-state index in [4.69, 9.17) is 0 Å². The summed E-state index contributed by atoms with van der Waals surface area (Å²) in [5, 5.41) is 4.08. The summed E-state index contributed by atoms with van der Waals surface area (Å²) < 4.78 is 1.37. The van der Waals surface area contributed by atoms with Gasteiger partial charge >= 0.3 is 0 Å². The van der Waals surface area contributed by atoms with Crippen molar-refractivity contribution in [3.8, 4) is 5.69 Å². The fraction of sp³-hybridized carbons (Fsp3) is 0.438. The summed E-state index contributed by atoms with van der Waals surface area (Å²) in [7, 11) is 2.19. The summed E-state index contributed by atoms with van der Waals surface area (Å²) in [4.78, 5) is 21.1. The summed E-state index contributed by atoms with van der Waals surface area (Å²) in [5.41, 5.74) is 0.560. The predicted octanol–water partition coefficient (Wildman–Crippen LogP) is 0.625. The molecule has 22 heavy (non-hydrogen) atoms. The number of hydrogen-bond donors (Lipinski definition) is 0. The second-order valence-electron chi connectivity index (χ2n) is 6.29. The van der Waals surface area contributed by atoms with Crippen molar-refractivity contribution in [2.45, 2.75) is 0 Å². The fourth-order valence-electron chi connectivity index (χ4n) is 3.66. The molecular weight excluding hydrogens is 278 g/mol. The van der Waals surface area contributed by atoms with Crippen molar-refractivity contribution in [3.63, 3.8) is 0 Å². The van der Waals surface area contributed by atoms with Gasteiger partial charge in [0.1, 0.15) is 5.82 Å². The van der Waals surface area contributed by atoms with Crippen molar-refractivity contribution in [2.24, 2.45) is 11.8 Å². The Hall–Kier alpha value is -2.21. The van der Waals surface area contributed by atoms with Gasteiger partial charge in [0, 0.05) is 38.4 Å². The Bertz CT molecular complexity index is 712. The number of fused-ring (bicyclic) bond motifs is 1. The van der Waals surface area contributed by atoms with Gasteiger partial charge in [-0.15, -0.1) is 0 Å². The molecule has 0 bridgehead atoms. The van der Waals surface area contributed by atoms with E-state index in [2.05, 4.69) is 26.9 Å². The highest BCUT2D eigenvalue weighted by molar-refractivity contribution is 5.44. The van der Waals surface area contributed by atoms with Crippen molar-refractivity contribution >= 4 is 5.82 Å². The molecule has 0 aromatic carbocycles. The van der Waals surface area contributed by atoms with Crippen LogP contribution in [0.1, 0.15) is 0 Å². The monoisotopic (exact) mass is 297 g/mol. The molecule has 6 heteroatoms. The number of nitrogens with zero attached hydrogens (tertiary/aromatic N) is 5. The van der Waals surface area contributed by atoms with E-state index in [1.165, 1.54) is 23.8 Å². The van der Waals surface area contributed by atoms with Crippen LogP contribution in [0, 0.1) is 11.8 Å². The third-order valence-electron chi connectivity index (χ3n) is 4.69. The minimum absolute atomic E-state index is 0.143. The molecule has 2 aliphatic rings. The van der Waals surface area contributed by atoms with Crippen molar-refractivity contribution in [1.29, 1.82) is 0 Å². The van der Waals surface area contributed by atoms with E-state index in [1.54, 1.807) is 18.5 Å². The molecule has 2 aromatic heterocycles. The lowest BCUT2D eigenvalue weighted by molar-refractivity contribution is 0.387. The van der Waals surface area contributed by atoms with Crippen LogP contribution in [0.3, 0.4) is 0 Å². The Labute approximate surface area is 129 Å². The lowest BCUT2D eigenvalue weighted by Crippen LogP contribution is -2.27. The molecule has 114 valence electrons. The summed E-state index contributed by atoms with van der Waals surface area (Å²) in [6, 6.07) is 7.04. The van der Waals surface area contributed by atoms with E-state index in [0.29, 0.717) is 5.69 Å². The standard InChI is InChI=1S/C16H19N5O/c1-19-8-12-10-20(11-13(12)9-19)15-5-4-14(7-17-15)21-16(22)3-2-6-18-21/h2-7,12-13H,8-11H2,1H3. The maximum atomic E-state index is 11.8. The van der Waals surface area contributed by atoms with E-state index in [-0.39, 0.29) is 5.56 Å². The molecule has 0 aliphatic carbocycles. The Morgan fingerprint density at radius 1 is 1.09 bits per heavy atom. The van der Waals surface area contributed by atoms with Gasteiger partial charge < -0.3 is 9.80 Å². The maximum absolute atomic E-state index is 11.8. The SMILES string of the molecule is CN1CC2CN(c3ccc(-n4ncccc4=O)cn3)CC2C1. The van der Waals surface area contributed by atoms with Gasteiger partial charge in [-0.3, -0.25) is 4.79 Å². The highest BCUT2D eigenvalue weighted by Gasteiger charge is 2.38. The molecular formula is C16H19N5O. The number of pyridine rings is 1. The Kier molecular flexibility index (Phi) is 3.18. The highest BCUT2D eigenvalue weighted by Crippen LogP contribution is 2.32. The van der Waals surface area contributed by atoms with E-state index in [1.807, 2.05) is 12.1 Å². The van der Waals surface area contributed by atoms with Crippen molar-refractivity contribution in [3.05, 3.63) is 47.0 Å². The van der Waals surface area contributed by atoms with Crippen LogP contribution in [0.4, 0.5) is 5.82 Å². The summed E-state index contributed by atoms with van der Waals surface area (Å²) >= 11 is 0. The van der Waals surface area contributed by atoms with Gasteiger partial charge in [-0.05, 0) is 37.1 Å². The molecule has 2 saturated heterocycles. The molecule has 2 unspecified atom stereocenters. The Balaban J connectivity index is 1.54. The zero-order valence-corrected chi connectivity index (χ0v) is 12.6. The molecule has 2 atom stereocenters. The van der Waals surface area contributed by atoms with Gasteiger partial charge in [0.05, 0.1) is 11.9 Å². The second-order valence-corrected chi connectivity index (χ2v) is 6.29. The van der Waals surface area contributed by atoms with Crippen LogP contribution in [0.15, 0.2) is 41.5 Å². The number of aromatic nitrogens is 3. The third kappa shape index (κ3) is 2.29. The first-order chi connectivity index (χ1) is 10.7. The largest absolute Gasteiger partial charge is 0.356 e. The first kappa shape index (κ1) is 13.5. The normalized spacial score (nSPS) is 24.7. The lowest BCUT2D eigenvalue weighted by Gasteiger charge is -2.20. The maximum Gasteiger partial charge on any atom is 0.271 e. The fourth-order valence-corrected chi connectivity index (χ4v) is 3.66. The number of likely N-dealkylation sites (tertiary alicyclic amines) is 1. The molecule has 4 heterocycles. The van der Waals surface area contributed by atoms with Crippen LogP contribution in [0.2, 0.25) is 0 Å². The average molecular weight is 297 g/mol. The van der Waals surface area contributed by atoms with Crippen LogP contribution in [0.5, 0.6) is 0 Å². The minimum atomic E-state index is -0.143. The van der Waals surface area contributed by atoms with Gasteiger partial charge in [-0.1, -0.05) is 0 Å². The quantitative estimate of drug-likeness (QED) is 0.813. The zero-order chi connectivity index (χ0) is 15.1. The van der Waals surface area contributed by atoms with Gasteiger partial charge in [0.15, 0.2) is 0 Å². The van der Waals surface area contributed by atoms with Gasteiger partial charge in [-0.25, -0.2) is 4.98 Å². The van der Waals surface area contributed by atoms with E-state index >= 15 is 0 Å². The molecule has 0 N–H and O–H groups in total. The molecule has 2 aromatic rings. The molecule has 0 saturated carbocycles. The molecule has 0 radical (unpaired) electrons. The smallest absolute Gasteiger partial charge is 0.271 e. The van der Waals surface area contributed by atoms with E-state index in [9.17, 15) is 4.79 Å². The van der Waals surface area contributed by atoms with E-state index in [0.717, 1.165) is 30.7 Å². The molecule has 2 aliphatic heterocycles. The molecule has 0 spiro atoms. The van der Waals surface area contributed by atoms with Gasteiger partial charge in [0.25, 0.3) is 5.56 Å². The third-order valence-corrected chi connectivity index (χ3v) is 4.69. The topological polar surface area (TPSA) is 54.3 Å². The minimum Gasteiger partial charge on any atom is -0.356 e. The predicted molar refractivity (Wildman–Crippen MR) is 84.3 cm³/mol. The van der Waals surface area contributed by atoms with Gasteiger partial charge in [-0.2, -0.15) is 9.78 Å². The van der Waals surface area contributed by atoms with Gasteiger partial charge in [0.2, 0.25) is 0 Å². The van der Waals surface area contributed by atoms with Crippen LogP contribution < -0.4 is 10.5 Å². The van der Waals surface area contributed by atoms with Crippen molar-refractivity contribution < 1.29 is 0 Å². The van der Waals surface area contributed by atoms with Crippen molar-refractivity contribution in [1.82, 2.24) is 19.7 Å². The molecule has 0 amide bonds. The summed E-state index contributed by atoms with van der Waals surface area (Å²) in [6.45, 7) is 4.51. The molecule has 4 rings (SSSR count). The highest BCUT2D eigenvalue weighted by atomic mass is 16.1. The van der Waals surface area contributed by atoms with Crippen LogP contribution in [-0.4, -0.2) is 52.9 Å². The zero-order valence-electron chi connectivity index (χ0n) is 12.6. The van der Waals surface area contributed by atoms with Crippen LogP contribution in [-0.2, 0) is 0 Å². The van der Waals surface area contributed by atoms with Crippen molar-refractivity contribution in [2.75, 3.05) is 38.1 Å². The number of anilines is 1. The summed E-state index contributed by atoms with van der Waals surface area (Å²) in [6.07, 6.45) is 3.33. The van der Waals surface area contributed by atoms with Crippen LogP contribution >= 0.6 is 0 Å². The first-order valence-corrected chi connectivity index (χ1v) is 7.65. The Morgan fingerprint density at radius 3 is 2.50 bits per heavy atom. The molecule has 2 fully saturated rings. The summed E-state index contributed by atoms with van der Waals surface area (Å²) in [5.74, 6) is 2.50. The molecule has 6 nitrogen and oxygen atoms in total. The van der Waals surface area contributed by atoms with Crippen LogP contribution in [0.25, 0.3) is 5.69 Å². The van der Waals surface area contributed by atoms with E-state index < -0.39 is 0 Å². The number of hydrogen-bond acceptors (Lipinski definition) is 5.